The molecule has 1 rings (SSSR count). The lowest BCUT2D eigenvalue weighted by Crippen LogP contribution is -2.32. The standard InChI is InChI=1S/C12H16Cl2N2O3S/c1-3-5-16(4-2)12(17)8-6-11(20(15,18)19)10(14)7-9(8)13/h6-7H,3-5H2,1-2H3,(H2,15,18,19). The number of benzene rings is 1. The van der Waals surface area contributed by atoms with E-state index in [-0.39, 0.29) is 26.4 Å². The molecule has 0 bridgehead atoms. The third kappa shape index (κ3) is 3.85. The summed E-state index contributed by atoms with van der Waals surface area (Å²) in [5, 5.41) is 5.06. The van der Waals surface area contributed by atoms with E-state index in [0.29, 0.717) is 13.1 Å². The molecule has 0 radical (unpaired) electrons. The van der Waals surface area contributed by atoms with Gasteiger partial charge in [0, 0.05) is 13.1 Å². The smallest absolute Gasteiger partial charge is 0.255 e. The molecule has 5 nitrogen and oxygen atoms in total. The van der Waals surface area contributed by atoms with Crippen LogP contribution in [0.15, 0.2) is 17.0 Å². The van der Waals surface area contributed by atoms with E-state index < -0.39 is 10.0 Å². The number of carbonyl (C=O) groups excluding carboxylic acids is 1. The van der Waals surface area contributed by atoms with Crippen molar-refractivity contribution in [3.63, 3.8) is 0 Å². The molecule has 8 heteroatoms. The van der Waals surface area contributed by atoms with Crippen LogP contribution in [0.3, 0.4) is 0 Å². The summed E-state index contributed by atoms with van der Waals surface area (Å²) in [5.74, 6) is -0.346. The first-order chi connectivity index (χ1) is 9.22. The molecule has 0 fully saturated rings. The number of rotatable bonds is 5. The van der Waals surface area contributed by atoms with Crippen molar-refractivity contribution in [3.05, 3.63) is 27.7 Å². The van der Waals surface area contributed by atoms with Gasteiger partial charge in [-0.1, -0.05) is 30.1 Å². The summed E-state index contributed by atoms with van der Waals surface area (Å²) >= 11 is 11.8. The Morgan fingerprint density at radius 3 is 2.30 bits per heavy atom. The summed E-state index contributed by atoms with van der Waals surface area (Å²) in [6.07, 6.45) is 0.785. The van der Waals surface area contributed by atoms with Crippen molar-refractivity contribution >= 4 is 39.1 Å². The molecule has 0 unspecified atom stereocenters. The molecule has 1 amide bonds. The van der Waals surface area contributed by atoms with Crippen LogP contribution in [0.25, 0.3) is 0 Å². The Bertz CT molecular complexity index is 617. The van der Waals surface area contributed by atoms with Crippen LogP contribution >= 0.6 is 23.2 Å². The van der Waals surface area contributed by atoms with E-state index in [1.807, 2.05) is 13.8 Å². The summed E-state index contributed by atoms with van der Waals surface area (Å²) in [5.41, 5.74) is 0.0791. The fraction of sp³-hybridized carbons (Fsp3) is 0.417. The normalized spacial score (nSPS) is 11.4. The number of nitrogens with two attached hydrogens (primary N) is 1. The van der Waals surface area contributed by atoms with Crippen LogP contribution in [0.2, 0.25) is 10.0 Å². The van der Waals surface area contributed by atoms with Gasteiger partial charge in [0.2, 0.25) is 10.0 Å². The van der Waals surface area contributed by atoms with Gasteiger partial charge in [-0.25, -0.2) is 13.6 Å². The van der Waals surface area contributed by atoms with E-state index in [4.69, 9.17) is 28.3 Å². The molecule has 0 spiro atoms. The minimum atomic E-state index is -4.01. The molecule has 20 heavy (non-hydrogen) atoms. The monoisotopic (exact) mass is 338 g/mol. The summed E-state index contributed by atoms with van der Waals surface area (Å²) in [6.45, 7) is 4.82. The van der Waals surface area contributed by atoms with Gasteiger partial charge in [-0.15, -0.1) is 0 Å². The maximum absolute atomic E-state index is 12.3. The Balaban J connectivity index is 3.35. The molecule has 0 heterocycles. The second-order valence-corrected chi connectivity index (χ2v) is 6.54. The summed E-state index contributed by atoms with van der Waals surface area (Å²) in [6, 6.07) is 2.34. The highest BCUT2D eigenvalue weighted by molar-refractivity contribution is 7.89. The Hall–Kier alpha value is -0.820. The first-order valence-corrected chi connectivity index (χ1v) is 8.33. The Kier molecular flexibility index (Phi) is 5.82. The predicted octanol–water partition coefficient (Wildman–Crippen LogP) is 2.51. The molecule has 1 aromatic rings. The van der Waals surface area contributed by atoms with Crippen LogP contribution in [0, 0.1) is 0 Å². The van der Waals surface area contributed by atoms with Crippen LogP contribution in [-0.2, 0) is 10.0 Å². The molecule has 0 aliphatic carbocycles. The van der Waals surface area contributed by atoms with Gasteiger partial charge in [0.25, 0.3) is 5.91 Å². The average molecular weight is 339 g/mol. The highest BCUT2D eigenvalue weighted by Crippen LogP contribution is 2.28. The third-order valence-corrected chi connectivity index (χ3v) is 4.41. The van der Waals surface area contributed by atoms with Gasteiger partial charge in [-0.05, 0) is 25.5 Å². The molecule has 1 aromatic carbocycles. The van der Waals surface area contributed by atoms with Crippen LogP contribution in [0.1, 0.15) is 30.6 Å². The van der Waals surface area contributed by atoms with E-state index >= 15 is 0 Å². The first kappa shape index (κ1) is 17.2. The number of sulfonamides is 1. The van der Waals surface area contributed by atoms with Gasteiger partial charge in [-0.3, -0.25) is 4.79 Å². The van der Waals surface area contributed by atoms with Crippen molar-refractivity contribution in [1.82, 2.24) is 4.90 Å². The van der Waals surface area contributed by atoms with Crippen molar-refractivity contribution in [2.45, 2.75) is 25.2 Å². The largest absolute Gasteiger partial charge is 0.339 e. The number of nitrogens with zero attached hydrogens (tertiary/aromatic N) is 1. The van der Waals surface area contributed by atoms with Crippen LogP contribution in [0.5, 0.6) is 0 Å². The lowest BCUT2D eigenvalue weighted by Gasteiger charge is -2.21. The number of carbonyl (C=O) groups is 1. The third-order valence-electron chi connectivity index (χ3n) is 2.72. The molecule has 0 saturated carbocycles. The van der Waals surface area contributed by atoms with E-state index in [1.165, 1.54) is 6.07 Å². The Labute approximate surface area is 128 Å². The van der Waals surface area contributed by atoms with E-state index in [1.54, 1.807) is 4.90 Å². The highest BCUT2D eigenvalue weighted by Gasteiger charge is 2.22. The van der Waals surface area contributed by atoms with Crippen LogP contribution in [-0.4, -0.2) is 32.3 Å². The van der Waals surface area contributed by atoms with Gasteiger partial charge in [-0.2, -0.15) is 0 Å². The van der Waals surface area contributed by atoms with Gasteiger partial charge in [0.1, 0.15) is 4.90 Å². The van der Waals surface area contributed by atoms with Crippen LogP contribution < -0.4 is 5.14 Å². The number of primary sulfonamides is 1. The number of hydrogen-bond acceptors (Lipinski definition) is 3. The van der Waals surface area contributed by atoms with E-state index in [0.717, 1.165) is 12.5 Å². The fourth-order valence-electron chi connectivity index (χ4n) is 1.75. The summed E-state index contributed by atoms with van der Waals surface area (Å²) in [4.78, 5) is 13.6. The lowest BCUT2D eigenvalue weighted by atomic mass is 10.2. The van der Waals surface area contributed by atoms with Gasteiger partial charge in [0.15, 0.2) is 0 Å². The van der Waals surface area contributed by atoms with E-state index in [2.05, 4.69) is 0 Å². The summed E-state index contributed by atoms with van der Waals surface area (Å²) < 4.78 is 22.9. The maximum Gasteiger partial charge on any atom is 0.255 e. The van der Waals surface area contributed by atoms with Gasteiger partial charge < -0.3 is 4.90 Å². The van der Waals surface area contributed by atoms with Crippen molar-refractivity contribution in [1.29, 1.82) is 0 Å². The zero-order valence-electron chi connectivity index (χ0n) is 11.2. The second kappa shape index (κ2) is 6.76. The number of hydrogen-bond donors (Lipinski definition) is 1. The molecular weight excluding hydrogens is 323 g/mol. The summed E-state index contributed by atoms with van der Waals surface area (Å²) in [7, 11) is -4.01. The molecule has 0 aromatic heterocycles. The van der Waals surface area contributed by atoms with E-state index in [9.17, 15) is 13.2 Å². The second-order valence-electron chi connectivity index (χ2n) is 4.19. The molecule has 0 atom stereocenters. The van der Waals surface area contributed by atoms with Crippen molar-refractivity contribution in [2.75, 3.05) is 13.1 Å². The molecule has 0 aliphatic rings. The van der Waals surface area contributed by atoms with Gasteiger partial charge >= 0.3 is 0 Å². The molecule has 0 saturated heterocycles. The minimum absolute atomic E-state index is 0.0791. The topological polar surface area (TPSA) is 80.5 Å². The average Bonchev–Trinajstić information content (AvgIpc) is 2.33. The zero-order chi connectivity index (χ0) is 15.5. The van der Waals surface area contributed by atoms with Crippen LogP contribution in [0.4, 0.5) is 0 Å². The first-order valence-electron chi connectivity index (χ1n) is 6.03. The quantitative estimate of drug-likeness (QED) is 0.895. The number of amides is 1. The SMILES string of the molecule is CCCN(CC)C(=O)c1cc(S(N)(=O)=O)c(Cl)cc1Cl. The number of halogens is 2. The van der Waals surface area contributed by atoms with Gasteiger partial charge in [0.05, 0.1) is 15.6 Å². The molecular formula is C12H16Cl2N2O3S. The van der Waals surface area contributed by atoms with Crippen molar-refractivity contribution in [3.8, 4) is 0 Å². The Morgan fingerprint density at radius 1 is 1.25 bits per heavy atom. The maximum atomic E-state index is 12.3. The molecule has 0 aliphatic heterocycles. The van der Waals surface area contributed by atoms with Crippen molar-refractivity contribution < 1.29 is 13.2 Å². The minimum Gasteiger partial charge on any atom is -0.339 e. The fourth-order valence-corrected chi connectivity index (χ4v) is 3.15. The molecule has 2 N–H and O–H groups in total. The highest BCUT2D eigenvalue weighted by atomic mass is 35.5. The zero-order valence-corrected chi connectivity index (χ0v) is 13.5. The lowest BCUT2D eigenvalue weighted by molar-refractivity contribution is 0.0764. The van der Waals surface area contributed by atoms with Crippen molar-refractivity contribution in [2.24, 2.45) is 5.14 Å². The predicted molar refractivity (Wildman–Crippen MR) is 79.7 cm³/mol. The Morgan fingerprint density at radius 2 is 1.85 bits per heavy atom. The molecule has 112 valence electrons.